The first-order valence-corrected chi connectivity index (χ1v) is 8.21. The van der Waals surface area contributed by atoms with E-state index in [1.165, 1.54) is 13.0 Å². The highest BCUT2D eigenvalue weighted by atomic mass is 19.4. The third-order valence-electron chi connectivity index (χ3n) is 4.35. The SMILES string of the molecule is C[C@@H](OC(=O)C1CCN(c2ccc3nnc(C(F)(F)F)n3n2)CC1)C(N)=O. The first-order chi connectivity index (χ1) is 12.7. The number of carbonyl (C=O) groups is 2. The summed E-state index contributed by atoms with van der Waals surface area (Å²) in [6, 6.07) is 2.96. The van der Waals surface area contributed by atoms with Crippen molar-refractivity contribution in [3.63, 3.8) is 0 Å². The van der Waals surface area contributed by atoms with Crippen LogP contribution in [-0.2, 0) is 20.5 Å². The predicted molar refractivity (Wildman–Crippen MR) is 85.5 cm³/mol. The molecular formula is C15H17F3N6O3. The normalized spacial score (nSPS) is 17.1. The van der Waals surface area contributed by atoms with E-state index in [-0.39, 0.29) is 5.65 Å². The van der Waals surface area contributed by atoms with Gasteiger partial charge in [-0.15, -0.1) is 15.3 Å². The van der Waals surface area contributed by atoms with Crippen molar-refractivity contribution in [3.8, 4) is 0 Å². The average molecular weight is 386 g/mol. The van der Waals surface area contributed by atoms with Crippen molar-refractivity contribution in [1.29, 1.82) is 0 Å². The fourth-order valence-corrected chi connectivity index (χ4v) is 2.80. The zero-order chi connectivity index (χ0) is 19.8. The molecule has 9 nitrogen and oxygen atoms in total. The number of rotatable bonds is 4. The van der Waals surface area contributed by atoms with Gasteiger partial charge in [0, 0.05) is 13.1 Å². The van der Waals surface area contributed by atoms with Gasteiger partial charge in [0.15, 0.2) is 11.8 Å². The summed E-state index contributed by atoms with van der Waals surface area (Å²) >= 11 is 0. The molecule has 0 bridgehead atoms. The van der Waals surface area contributed by atoms with Crippen LogP contribution in [0.5, 0.6) is 0 Å². The van der Waals surface area contributed by atoms with Gasteiger partial charge in [0.2, 0.25) is 0 Å². The summed E-state index contributed by atoms with van der Waals surface area (Å²) in [5.41, 5.74) is 5.06. The number of nitrogens with two attached hydrogens (primary N) is 1. The minimum Gasteiger partial charge on any atom is -0.452 e. The van der Waals surface area contributed by atoms with Crippen LogP contribution >= 0.6 is 0 Å². The van der Waals surface area contributed by atoms with Gasteiger partial charge < -0.3 is 15.4 Å². The van der Waals surface area contributed by atoms with Crippen LogP contribution in [0.15, 0.2) is 12.1 Å². The molecule has 1 saturated heterocycles. The highest BCUT2D eigenvalue weighted by Gasteiger charge is 2.38. The maximum atomic E-state index is 13.0. The van der Waals surface area contributed by atoms with E-state index in [0.717, 1.165) is 0 Å². The summed E-state index contributed by atoms with van der Waals surface area (Å²) in [6.07, 6.45) is -4.84. The van der Waals surface area contributed by atoms with Gasteiger partial charge in [-0.3, -0.25) is 9.59 Å². The van der Waals surface area contributed by atoms with Crippen molar-refractivity contribution in [2.75, 3.05) is 18.0 Å². The monoisotopic (exact) mass is 386 g/mol. The number of hydrogen-bond donors (Lipinski definition) is 1. The van der Waals surface area contributed by atoms with Crippen LogP contribution in [0.1, 0.15) is 25.6 Å². The standard InChI is InChI=1S/C15H17F3N6O3/c1-8(12(19)25)27-13(26)9-4-6-23(7-5-9)11-3-2-10-20-21-14(15(16,17)18)24(10)22-11/h2-3,8-9H,4-7H2,1H3,(H2,19,25)/t8-/m1/s1. The lowest BCUT2D eigenvalue weighted by Gasteiger charge is -2.31. The number of nitrogens with zero attached hydrogens (tertiary/aromatic N) is 5. The topological polar surface area (TPSA) is 116 Å². The Labute approximate surface area is 151 Å². The predicted octanol–water partition coefficient (Wildman–Crippen LogP) is 0.776. The molecule has 12 heteroatoms. The quantitative estimate of drug-likeness (QED) is 0.772. The highest BCUT2D eigenvalue weighted by molar-refractivity contribution is 5.82. The molecule has 146 valence electrons. The molecule has 0 saturated carbocycles. The number of anilines is 1. The van der Waals surface area contributed by atoms with Crippen molar-refractivity contribution < 1.29 is 27.5 Å². The number of piperidine rings is 1. The molecule has 3 rings (SSSR count). The van der Waals surface area contributed by atoms with E-state index < -0.39 is 35.9 Å². The maximum Gasteiger partial charge on any atom is 0.453 e. The van der Waals surface area contributed by atoms with E-state index in [2.05, 4.69) is 15.3 Å². The van der Waals surface area contributed by atoms with Gasteiger partial charge in [0.1, 0.15) is 5.82 Å². The number of fused-ring (bicyclic) bond motifs is 1. The summed E-state index contributed by atoms with van der Waals surface area (Å²) in [7, 11) is 0. The smallest absolute Gasteiger partial charge is 0.452 e. The van der Waals surface area contributed by atoms with E-state index in [1.807, 2.05) is 0 Å². The Morgan fingerprint density at radius 2 is 1.93 bits per heavy atom. The van der Waals surface area contributed by atoms with Crippen LogP contribution in [0, 0.1) is 5.92 Å². The fourth-order valence-electron chi connectivity index (χ4n) is 2.80. The minimum absolute atomic E-state index is 0.00928. The molecule has 1 aliphatic rings. The van der Waals surface area contributed by atoms with Gasteiger partial charge in [-0.1, -0.05) is 0 Å². The summed E-state index contributed by atoms with van der Waals surface area (Å²) in [6.45, 7) is 2.19. The summed E-state index contributed by atoms with van der Waals surface area (Å²) in [5.74, 6) is -2.52. The van der Waals surface area contributed by atoms with Crippen molar-refractivity contribution in [2.24, 2.45) is 11.7 Å². The molecule has 1 amide bonds. The van der Waals surface area contributed by atoms with E-state index in [1.54, 1.807) is 11.0 Å². The Morgan fingerprint density at radius 3 is 2.52 bits per heavy atom. The number of alkyl halides is 3. The number of aromatic nitrogens is 4. The van der Waals surface area contributed by atoms with Gasteiger partial charge in [-0.05, 0) is 31.9 Å². The maximum absolute atomic E-state index is 13.0. The number of hydrogen-bond acceptors (Lipinski definition) is 7. The van der Waals surface area contributed by atoms with Crippen LogP contribution in [-0.4, -0.2) is 50.9 Å². The number of ether oxygens (including phenoxy) is 1. The first-order valence-electron chi connectivity index (χ1n) is 8.21. The van der Waals surface area contributed by atoms with Crippen molar-refractivity contribution in [2.45, 2.75) is 32.0 Å². The van der Waals surface area contributed by atoms with E-state index in [0.29, 0.717) is 36.3 Å². The minimum atomic E-state index is -4.67. The molecule has 2 aromatic heterocycles. The Hall–Kier alpha value is -2.92. The van der Waals surface area contributed by atoms with Crippen molar-refractivity contribution in [1.82, 2.24) is 19.8 Å². The Balaban J connectivity index is 1.69. The largest absolute Gasteiger partial charge is 0.453 e. The molecule has 0 aliphatic carbocycles. The Bertz CT molecular complexity index is 860. The number of esters is 1. The fraction of sp³-hybridized carbons (Fsp3) is 0.533. The number of halogens is 3. The van der Waals surface area contributed by atoms with Gasteiger partial charge in [0.05, 0.1) is 5.92 Å². The van der Waals surface area contributed by atoms with Crippen LogP contribution in [0.25, 0.3) is 5.65 Å². The third kappa shape index (κ3) is 3.93. The Kier molecular flexibility index (Phi) is 4.89. The summed E-state index contributed by atoms with van der Waals surface area (Å²) in [4.78, 5) is 24.8. The lowest BCUT2D eigenvalue weighted by atomic mass is 9.97. The summed E-state index contributed by atoms with van der Waals surface area (Å²) in [5, 5.41) is 10.6. The van der Waals surface area contributed by atoms with E-state index in [9.17, 15) is 22.8 Å². The second-order valence-corrected chi connectivity index (χ2v) is 6.23. The lowest BCUT2D eigenvalue weighted by Crippen LogP contribution is -2.39. The second-order valence-electron chi connectivity index (χ2n) is 6.23. The van der Waals surface area contributed by atoms with Gasteiger partial charge in [-0.25, -0.2) is 0 Å². The van der Waals surface area contributed by atoms with Gasteiger partial charge in [0.25, 0.3) is 11.7 Å². The molecule has 0 spiro atoms. The second kappa shape index (κ2) is 7.00. The van der Waals surface area contributed by atoms with Crippen molar-refractivity contribution in [3.05, 3.63) is 18.0 Å². The molecule has 2 aromatic rings. The van der Waals surface area contributed by atoms with Gasteiger partial charge in [-0.2, -0.15) is 17.7 Å². The lowest BCUT2D eigenvalue weighted by molar-refractivity contribution is -0.158. The first kappa shape index (κ1) is 18.9. The molecule has 1 aliphatic heterocycles. The number of amides is 1. The molecule has 1 fully saturated rings. The van der Waals surface area contributed by atoms with Crippen LogP contribution in [0.4, 0.5) is 19.0 Å². The highest BCUT2D eigenvalue weighted by Crippen LogP contribution is 2.28. The van der Waals surface area contributed by atoms with Crippen LogP contribution < -0.4 is 10.6 Å². The molecule has 27 heavy (non-hydrogen) atoms. The molecule has 0 unspecified atom stereocenters. The number of primary amides is 1. The molecule has 1 atom stereocenters. The molecule has 3 heterocycles. The molecular weight excluding hydrogens is 369 g/mol. The number of carbonyl (C=O) groups excluding carboxylic acids is 2. The molecule has 2 N–H and O–H groups in total. The molecule has 0 radical (unpaired) electrons. The Morgan fingerprint density at radius 1 is 1.26 bits per heavy atom. The average Bonchev–Trinajstić information content (AvgIpc) is 3.05. The van der Waals surface area contributed by atoms with E-state index in [4.69, 9.17) is 10.5 Å². The molecule has 0 aromatic carbocycles. The third-order valence-corrected chi connectivity index (χ3v) is 4.35. The van der Waals surface area contributed by atoms with Crippen LogP contribution in [0.2, 0.25) is 0 Å². The van der Waals surface area contributed by atoms with Crippen molar-refractivity contribution >= 4 is 23.3 Å². The zero-order valence-corrected chi connectivity index (χ0v) is 14.3. The van der Waals surface area contributed by atoms with Gasteiger partial charge >= 0.3 is 12.1 Å². The zero-order valence-electron chi connectivity index (χ0n) is 14.3. The van der Waals surface area contributed by atoms with Crippen LogP contribution in [0.3, 0.4) is 0 Å². The summed E-state index contributed by atoms with van der Waals surface area (Å²) < 4.78 is 44.6. The van der Waals surface area contributed by atoms with E-state index >= 15 is 0 Å².